The third-order valence-corrected chi connectivity index (χ3v) is 1.27. The zero-order chi connectivity index (χ0) is 7.56. The summed E-state index contributed by atoms with van der Waals surface area (Å²) >= 11 is 0. The van der Waals surface area contributed by atoms with Crippen molar-refractivity contribution in [3.8, 4) is 0 Å². The van der Waals surface area contributed by atoms with Gasteiger partial charge in [0.15, 0.2) is 0 Å². The molecular formula is C7H10N2O. The van der Waals surface area contributed by atoms with Crippen LogP contribution in [0.25, 0.3) is 0 Å². The van der Waals surface area contributed by atoms with E-state index in [1.165, 1.54) is 0 Å². The second-order valence-electron chi connectivity index (χ2n) is 2.00. The van der Waals surface area contributed by atoms with Gasteiger partial charge in [0.1, 0.15) is 0 Å². The van der Waals surface area contributed by atoms with Gasteiger partial charge in [-0.15, -0.1) is 0 Å². The Morgan fingerprint density at radius 3 is 2.90 bits per heavy atom. The van der Waals surface area contributed by atoms with E-state index in [1.807, 2.05) is 0 Å². The molecule has 1 aromatic heterocycles. The zero-order valence-corrected chi connectivity index (χ0v) is 5.66. The molecule has 0 radical (unpaired) electrons. The summed E-state index contributed by atoms with van der Waals surface area (Å²) in [4.78, 5) is 14.5. The van der Waals surface area contributed by atoms with Gasteiger partial charge in [0.25, 0.3) is 5.91 Å². The van der Waals surface area contributed by atoms with Crippen LogP contribution in [-0.2, 0) is 0 Å². The first kappa shape index (κ1) is 6.74. The van der Waals surface area contributed by atoms with Gasteiger partial charge in [0.2, 0.25) is 0 Å². The summed E-state index contributed by atoms with van der Waals surface area (Å²) in [7, 11) is 0. The number of hydrogen-bond acceptors (Lipinski definition) is 2. The molecule has 0 bridgehead atoms. The van der Waals surface area contributed by atoms with E-state index in [4.69, 9.17) is 5.73 Å². The normalized spacial score (nSPS) is 9.30. The summed E-state index contributed by atoms with van der Waals surface area (Å²) in [6.45, 7) is 1.75. The fourth-order valence-electron chi connectivity index (χ4n) is 0.745. The van der Waals surface area contributed by atoms with Crippen LogP contribution in [0, 0.1) is 6.92 Å². The van der Waals surface area contributed by atoms with Crippen molar-refractivity contribution in [1.29, 1.82) is 0 Å². The molecule has 10 heavy (non-hydrogen) atoms. The number of amides is 1. The lowest BCUT2D eigenvalue weighted by molar-refractivity contribution is 0.0999. The van der Waals surface area contributed by atoms with E-state index in [9.17, 15) is 4.79 Å². The van der Waals surface area contributed by atoms with E-state index in [0.29, 0.717) is 11.3 Å². The maximum Gasteiger partial charge on any atom is 0.250 e. The summed E-state index contributed by atoms with van der Waals surface area (Å²) in [6.07, 6.45) is 1.63. The van der Waals surface area contributed by atoms with Crippen molar-refractivity contribution < 1.29 is 6.22 Å². The Morgan fingerprint density at radius 1 is 1.80 bits per heavy atom. The summed E-state index contributed by atoms with van der Waals surface area (Å²) in [5.41, 5.74) is 6.20. The maximum absolute atomic E-state index is 10.6. The first-order chi connectivity index (χ1) is 4.72. The minimum Gasteiger partial charge on any atom is -0.366 e. The number of carbonyl (C=O) groups excluding carboxylic acids is 1. The van der Waals surface area contributed by atoms with Crippen molar-refractivity contribution in [2.45, 2.75) is 6.92 Å². The first-order valence-corrected chi connectivity index (χ1v) is 2.93. The molecule has 0 saturated heterocycles. The molecule has 0 fully saturated rings. The van der Waals surface area contributed by atoms with Crippen LogP contribution < -0.4 is 5.73 Å². The van der Waals surface area contributed by atoms with Gasteiger partial charge in [0.05, 0.1) is 5.56 Å². The van der Waals surface area contributed by atoms with Crippen LogP contribution in [0.4, 0.5) is 0 Å². The first-order valence-electron chi connectivity index (χ1n) is 2.93. The monoisotopic (exact) mass is 139 g/mol. The summed E-state index contributed by atoms with van der Waals surface area (Å²) in [5, 5.41) is 0. The Kier molecular flexibility index (Phi) is 1.67. The smallest absolute Gasteiger partial charge is 0.250 e. The van der Waals surface area contributed by atoms with Crippen molar-refractivity contribution in [1.82, 2.24) is 4.98 Å². The summed E-state index contributed by atoms with van der Waals surface area (Å²) in [5.74, 6) is -0.425. The molecule has 1 amide bonds. The van der Waals surface area contributed by atoms with Crippen LogP contribution in [0.1, 0.15) is 17.5 Å². The SMILES string of the molecule is Cc1ncccc1C(N)=O.[2HH]. The molecule has 1 rings (SSSR count). The van der Waals surface area contributed by atoms with Crippen molar-refractivity contribution in [2.75, 3.05) is 0 Å². The number of nitrogens with zero attached hydrogens (tertiary/aromatic N) is 1. The molecule has 0 spiro atoms. The number of aromatic nitrogens is 1. The van der Waals surface area contributed by atoms with Gasteiger partial charge in [0, 0.05) is 13.3 Å². The number of nitrogens with two attached hydrogens (primary N) is 1. The van der Waals surface area contributed by atoms with E-state index in [2.05, 4.69) is 4.98 Å². The van der Waals surface area contributed by atoms with Gasteiger partial charge in [-0.2, -0.15) is 0 Å². The molecule has 0 atom stereocenters. The number of hydrogen-bond donors (Lipinski definition) is 1. The molecule has 0 unspecified atom stereocenters. The van der Waals surface area contributed by atoms with Gasteiger partial charge in [-0.3, -0.25) is 9.78 Å². The highest BCUT2D eigenvalue weighted by Gasteiger charge is 2.01. The van der Waals surface area contributed by atoms with Crippen LogP contribution in [-0.4, -0.2) is 10.9 Å². The molecule has 54 valence electrons. The minimum atomic E-state index is -0.425. The van der Waals surface area contributed by atoms with Crippen molar-refractivity contribution in [3.63, 3.8) is 0 Å². The Balaban J connectivity index is 0.000001000. The Hall–Kier alpha value is -1.38. The second kappa shape index (κ2) is 2.47. The van der Waals surface area contributed by atoms with Gasteiger partial charge >= 0.3 is 0 Å². The molecule has 0 aliphatic heterocycles. The van der Waals surface area contributed by atoms with Gasteiger partial charge < -0.3 is 5.73 Å². The van der Waals surface area contributed by atoms with Crippen molar-refractivity contribution in [3.05, 3.63) is 29.6 Å². The molecule has 3 nitrogen and oxygen atoms in total. The largest absolute Gasteiger partial charge is 0.366 e. The van der Waals surface area contributed by atoms with Gasteiger partial charge in [-0.05, 0) is 19.1 Å². The molecule has 3 heteroatoms. The van der Waals surface area contributed by atoms with Crippen molar-refractivity contribution >= 4 is 5.91 Å². The predicted molar refractivity (Wildman–Crippen MR) is 39.6 cm³/mol. The average molecular weight is 139 g/mol. The lowest BCUT2D eigenvalue weighted by Gasteiger charge is -1.96. The quantitative estimate of drug-likeness (QED) is 0.623. The van der Waals surface area contributed by atoms with Crippen LogP contribution in [0.5, 0.6) is 0 Å². The van der Waals surface area contributed by atoms with E-state index in [0.717, 1.165) is 0 Å². The van der Waals surface area contributed by atoms with E-state index in [-0.39, 0.29) is 1.43 Å². The molecule has 0 aromatic carbocycles. The molecular weight excluding hydrogens is 128 g/mol. The molecule has 0 aliphatic rings. The van der Waals surface area contributed by atoms with Crippen LogP contribution in [0.2, 0.25) is 0 Å². The van der Waals surface area contributed by atoms with Gasteiger partial charge in [-0.25, -0.2) is 0 Å². The summed E-state index contributed by atoms with van der Waals surface area (Å²) < 4.78 is 0. The highest BCUT2D eigenvalue weighted by atomic mass is 16.1. The number of rotatable bonds is 1. The average Bonchev–Trinajstić information content (AvgIpc) is 1.88. The molecule has 0 saturated carbocycles. The molecule has 0 aliphatic carbocycles. The lowest BCUT2D eigenvalue weighted by Crippen LogP contribution is -2.12. The van der Waals surface area contributed by atoms with Crippen LogP contribution in [0.3, 0.4) is 0 Å². The number of primary amides is 1. The Morgan fingerprint density at radius 2 is 2.50 bits per heavy atom. The molecule has 1 heterocycles. The minimum absolute atomic E-state index is 0. The number of pyridine rings is 1. The summed E-state index contributed by atoms with van der Waals surface area (Å²) in [6, 6.07) is 3.34. The van der Waals surface area contributed by atoms with Crippen LogP contribution >= 0.6 is 0 Å². The van der Waals surface area contributed by atoms with E-state index >= 15 is 0 Å². The highest BCUT2D eigenvalue weighted by Crippen LogP contribution is 2.00. The van der Waals surface area contributed by atoms with Crippen LogP contribution in [0.15, 0.2) is 18.3 Å². The predicted octanol–water partition coefficient (Wildman–Crippen LogP) is 0.735. The molecule has 1 aromatic rings. The fraction of sp³-hybridized carbons (Fsp3) is 0.143. The Labute approximate surface area is 60.4 Å². The zero-order valence-electron chi connectivity index (χ0n) is 5.66. The van der Waals surface area contributed by atoms with E-state index in [1.54, 1.807) is 25.3 Å². The topological polar surface area (TPSA) is 56.0 Å². The lowest BCUT2D eigenvalue weighted by atomic mass is 10.2. The third-order valence-electron chi connectivity index (χ3n) is 1.27. The fourth-order valence-corrected chi connectivity index (χ4v) is 0.745. The Bertz CT molecular complexity index is 262. The maximum atomic E-state index is 10.6. The number of aryl methyl sites for hydroxylation is 1. The third kappa shape index (κ3) is 1.13. The highest BCUT2D eigenvalue weighted by molar-refractivity contribution is 5.93. The standard InChI is InChI=1S/C7H8N2O.H2/c1-5-6(7(8)10)3-2-4-9-5;/h2-4H,1H3,(H2,8,10);1H/i;1+1. The van der Waals surface area contributed by atoms with Gasteiger partial charge in [-0.1, -0.05) is 0 Å². The van der Waals surface area contributed by atoms with E-state index < -0.39 is 5.91 Å². The van der Waals surface area contributed by atoms with Crippen molar-refractivity contribution in [2.24, 2.45) is 5.73 Å². The number of carbonyl (C=O) groups is 1. The second-order valence-corrected chi connectivity index (χ2v) is 2.00. The molecule has 2 N–H and O–H groups in total.